The zero-order valence-corrected chi connectivity index (χ0v) is 10.9. The van der Waals surface area contributed by atoms with E-state index in [1.54, 1.807) is 6.08 Å². The Balaban J connectivity index is 1.92. The highest BCUT2D eigenvalue weighted by Crippen LogP contribution is 2.32. The van der Waals surface area contributed by atoms with Crippen LogP contribution in [0.3, 0.4) is 0 Å². The van der Waals surface area contributed by atoms with Crippen molar-refractivity contribution in [2.24, 2.45) is 0 Å². The standard InChI is InChI=1S/C11H9F2N5OS/c12-7(13)2-14-10(19)5-1-6-8-9(18-17-6)15-4-16-11(8)20-3-5/h1,4,7H,2-3H2,(H,14,19)(H,15,16,17,18). The van der Waals surface area contributed by atoms with Crippen molar-refractivity contribution in [3.8, 4) is 0 Å². The fraction of sp³-hybridized carbons (Fsp3) is 0.273. The van der Waals surface area contributed by atoms with E-state index in [1.807, 2.05) is 0 Å². The Bertz CT molecular complexity index is 699. The number of aromatic nitrogens is 4. The van der Waals surface area contributed by atoms with Gasteiger partial charge in [0.25, 0.3) is 6.43 Å². The van der Waals surface area contributed by atoms with Crippen molar-refractivity contribution in [1.82, 2.24) is 25.5 Å². The van der Waals surface area contributed by atoms with E-state index in [-0.39, 0.29) is 0 Å². The monoisotopic (exact) mass is 297 g/mol. The first-order chi connectivity index (χ1) is 9.65. The third-order valence-corrected chi connectivity index (χ3v) is 3.77. The number of carbonyl (C=O) groups is 1. The first-order valence-corrected chi connectivity index (χ1v) is 6.72. The summed E-state index contributed by atoms with van der Waals surface area (Å²) >= 11 is 1.35. The Kier molecular flexibility index (Phi) is 3.35. The molecule has 0 spiro atoms. The summed E-state index contributed by atoms with van der Waals surface area (Å²) in [5.74, 6) is -0.162. The van der Waals surface area contributed by atoms with Gasteiger partial charge in [0.1, 0.15) is 11.4 Å². The fourth-order valence-corrected chi connectivity index (χ4v) is 2.81. The number of rotatable bonds is 3. The molecule has 20 heavy (non-hydrogen) atoms. The molecule has 2 aromatic heterocycles. The number of halogens is 2. The van der Waals surface area contributed by atoms with Crippen molar-refractivity contribution in [2.45, 2.75) is 11.5 Å². The molecule has 1 amide bonds. The quantitative estimate of drug-likeness (QED) is 0.832. The number of amides is 1. The van der Waals surface area contributed by atoms with E-state index in [1.165, 1.54) is 18.1 Å². The van der Waals surface area contributed by atoms with Crippen LogP contribution < -0.4 is 5.32 Å². The molecule has 9 heteroatoms. The number of nitrogens with zero attached hydrogens (tertiary/aromatic N) is 3. The van der Waals surface area contributed by atoms with Gasteiger partial charge in [-0.15, -0.1) is 11.8 Å². The lowest BCUT2D eigenvalue weighted by atomic mass is 10.2. The maximum Gasteiger partial charge on any atom is 0.255 e. The Morgan fingerprint density at radius 1 is 1.50 bits per heavy atom. The van der Waals surface area contributed by atoms with Crippen molar-refractivity contribution < 1.29 is 13.6 Å². The topological polar surface area (TPSA) is 83.6 Å². The van der Waals surface area contributed by atoms with Crippen LogP contribution in [0.5, 0.6) is 0 Å². The van der Waals surface area contributed by atoms with Crippen LogP contribution in [-0.4, -0.2) is 44.8 Å². The first kappa shape index (κ1) is 13.0. The molecule has 0 saturated heterocycles. The molecule has 1 aliphatic rings. The molecule has 2 N–H and O–H groups in total. The molecule has 0 bridgehead atoms. The largest absolute Gasteiger partial charge is 0.347 e. The first-order valence-electron chi connectivity index (χ1n) is 5.74. The third-order valence-electron chi connectivity index (χ3n) is 2.74. The Morgan fingerprint density at radius 3 is 3.15 bits per heavy atom. The summed E-state index contributed by atoms with van der Waals surface area (Å²) in [6.45, 7) is -0.661. The number of aromatic amines is 1. The van der Waals surface area contributed by atoms with Crippen molar-refractivity contribution in [2.75, 3.05) is 12.3 Å². The van der Waals surface area contributed by atoms with E-state index in [0.29, 0.717) is 27.7 Å². The van der Waals surface area contributed by atoms with E-state index < -0.39 is 18.9 Å². The summed E-state index contributed by atoms with van der Waals surface area (Å²) in [7, 11) is 0. The maximum atomic E-state index is 12.1. The van der Waals surface area contributed by atoms with Crippen LogP contribution in [0, 0.1) is 0 Å². The smallest absolute Gasteiger partial charge is 0.255 e. The number of H-pyrrole nitrogens is 1. The lowest BCUT2D eigenvalue weighted by Crippen LogP contribution is -2.30. The molecule has 6 nitrogen and oxygen atoms in total. The molecular weight excluding hydrogens is 288 g/mol. The molecule has 0 fully saturated rings. The molecule has 0 atom stereocenters. The highest BCUT2D eigenvalue weighted by molar-refractivity contribution is 7.99. The Hall–Kier alpha value is -2.03. The lowest BCUT2D eigenvalue weighted by molar-refractivity contribution is -0.117. The molecule has 0 aliphatic carbocycles. The van der Waals surface area contributed by atoms with Gasteiger partial charge in [-0.05, 0) is 6.08 Å². The van der Waals surface area contributed by atoms with Gasteiger partial charge in [-0.3, -0.25) is 9.89 Å². The van der Waals surface area contributed by atoms with Crippen molar-refractivity contribution in [3.05, 3.63) is 17.6 Å². The normalized spacial score (nSPS) is 14.2. The Morgan fingerprint density at radius 2 is 2.35 bits per heavy atom. The van der Waals surface area contributed by atoms with Crippen LogP contribution >= 0.6 is 11.8 Å². The average Bonchev–Trinajstić information content (AvgIpc) is 2.73. The van der Waals surface area contributed by atoms with Gasteiger partial charge in [0.05, 0.1) is 17.6 Å². The van der Waals surface area contributed by atoms with Crippen LogP contribution in [0.25, 0.3) is 17.1 Å². The predicted molar refractivity (Wildman–Crippen MR) is 69.4 cm³/mol. The number of carbonyl (C=O) groups excluding carboxylic acids is 1. The molecule has 3 heterocycles. The van der Waals surface area contributed by atoms with E-state index in [4.69, 9.17) is 0 Å². The zero-order chi connectivity index (χ0) is 14.1. The molecular formula is C11H9F2N5OS. The van der Waals surface area contributed by atoms with Gasteiger partial charge in [-0.1, -0.05) is 0 Å². The van der Waals surface area contributed by atoms with Gasteiger partial charge in [-0.25, -0.2) is 18.7 Å². The summed E-state index contributed by atoms with van der Waals surface area (Å²) in [6, 6.07) is 0. The van der Waals surface area contributed by atoms with Crippen molar-refractivity contribution >= 4 is 34.8 Å². The van der Waals surface area contributed by atoms with Crippen LogP contribution in [0.15, 0.2) is 16.9 Å². The van der Waals surface area contributed by atoms with Crippen LogP contribution in [0.4, 0.5) is 8.78 Å². The summed E-state index contributed by atoms with van der Waals surface area (Å²) in [4.78, 5) is 20.0. The van der Waals surface area contributed by atoms with E-state index in [9.17, 15) is 13.6 Å². The molecule has 0 unspecified atom stereocenters. The number of nitrogens with one attached hydrogen (secondary N) is 2. The highest BCUT2D eigenvalue weighted by atomic mass is 32.2. The van der Waals surface area contributed by atoms with Crippen molar-refractivity contribution in [3.63, 3.8) is 0 Å². The summed E-state index contributed by atoms with van der Waals surface area (Å²) in [5.41, 5.74) is 1.52. The third kappa shape index (κ3) is 2.36. The minimum absolute atomic E-state index is 0.351. The summed E-state index contributed by atoms with van der Waals surface area (Å²) in [5, 5.41) is 10.4. The minimum Gasteiger partial charge on any atom is -0.347 e. The molecule has 1 aliphatic heterocycles. The van der Waals surface area contributed by atoms with Crippen LogP contribution in [-0.2, 0) is 4.79 Å². The Labute approximate surface area is 116 Å². The molecule has 0 aromatic carbocycles. The second-order valence-corrected chi connectivity index (χ2v) is 5.04. The summed E-state index contributed by atoms with van der Waals surface area (Å²) in [6.07, 6.45) is 0.431. The SMILES string of the molecule is O=C(NCC(F)F)C1=Cc2[nH]nc3ncnc(c23)SC1. The predicted octanol–water partition coefficient (Wildman–Crippen LogP) is 1.22. The minimum atomic E-state index is -2.57. The number of hydrogen-bond acceptors (Lipinski definition) is 5. The number of hydrogen-bond donors (Lipinski definition) is 2. The fourth-order valence-electron chi connectivity index (χ4n) is 1.84. The second kappa shape index (κ2) is 5.16. The van der Waals surface area contributed by atoms with Gasteiger partial charge in [0.15, 0.2) is 5.65 Å². The van der Waals surface area contributed by atoms with Gasteiger partial charge in [0.2, 0.25) is 5.91 Å². The molecule has 0 saturated carbocycles. The van der Waals surface area contributed by atoms with E-state index in [2.05, 4.69) is 25.5 Å². The molecule has 0 radical (unpaired) electrons. The van der Waals surface area contributed by atoms with E-state index in [0.717, 1.165) is 5.39 Å². The molecule has 3 rings (SSSR count). The van der Waals surface area contributed by atoms with Gasteiger partial charge in [-0.2, -0.15) is 5.10 Å². The summed E-state index contributed by atoms with van der Waals surface area (Å²) < 4.78 is 24.2. The maximum absolute atomic E-state index is 12.1. The lowest BCUT2D eigenvalue weighted by Gasteiger charge is -2.06. The zero-order valence-electron chi connectivity index (χ0n) is 10.1. The average molecular weight is 297 g/mol. The second-order valence-electron chi connectivity index (χ2n) is 4.07. The van der Waals surface area contributed by atoms with Crippen molar-refractivity contribution in [1.29, 1.82) is 0 Å². The number of thioether (sulfide) groups is 1. The highest BCUT2D eigenvalue weighted by Gasteiger charge is 2.20. The van der Waals surface area contributed by atoms with E-state index >= 15 is 0 Å². The molecule has 104 valence electrons. The van der Waals surface area contributed by atoms with Crippen LogP contribution in [0.2, 0.25) is 0 Å². The van der Waals surface area contributed by atoms with Crippen LogP contribution in [0.1, 0.15) is 5.69 Å². The van der Waals surface area contributed by atoms with Gasteiger partial charge < -0.3 is 5.32 Å². The number of alkyl halides is 2. The van der Waals surface area contributed by atoms with Gasteiger partial charge >= 0.3 is 0 Å². The van der Waals surface area contributed by atoms with Gasteiger partial charge in [0, 0.05) is 11.3 Å². The molecule has 2 aromatic rings.